The van der Waals surface area contributed by atoms with E-state index in [2.05, 4.69) is 5.10 Å². The molecule has 2 aromatic rings. The molecule has 24 heavy (non-hydrogen) atoms. The highest BCUT2D eigenvalue weighted by Gasteiger charge is 2.25. The molecule has 0 radical (unpaired) electrons. The van der Waals surface area contributed by atoms with Crippen molar-refractivity contribution in [2.45, 2.75) is 30.5 Å². The van der Waals surface area contributed by atoms with Crippen molar-refractivity contribution in [2.75, 3.05) is 12.3 Å². The fraction of sp³-hybridized carbons (Fsp3) is 0.353. The van der Waals surface area contributed by atoms with E-state index >= 15 is 0 Å². The van der Waals surface area contributed by atoms with Gasteiger partial charge in [-0.2, -0.15) is 10.4 Å². The number of carbonyl (C=O) groups is 1. The number of thioether (sulfide) groups is 1. The first-order valence-electron chi connectivity index (χ1n) is 7.62. The van der Waals surface area contributed by atoms with Gasteiger partial charge in [-0.15, -0.1) is 11.8 Å². The molecule has 0 saturated heterocycles. The molecule has 0 bridgehead atoms. The van der Waals surface area contributed by atoms with Crippen molar-refractivity contribution < 1.29 is 9.53 Å². The number of ether oxygens (including phenoxy) is 1. The van der Waals surface area contributed by atoms with Crippen molar-refractivity contribution >= 4 is 23.5 Å². The predicted octanol–water partition coefficient (Wildman–Crippen LogP) is 2.70. The molecule has 2 rings (SSSR count). The minimum Gasteiger partial charge on any atom is -0.463 e. The quantitative estimate of drug-likeness (QED) is 0.613. The third kappa shape index (κ3) is 4.52. The molecule has 0 spiro atoms. The second-order valence-electron chi connectivity index (χ2n) is 5.54. The number of rotatable bonds is 7. The fourth-order valence-electron chi connectivity index (χ4n) is 2.08. The number of hydrogen-bond donors (Lipinski definition) is 1. The van der Waals surface area contributed by atoms with Crippen LogP contribution in [0.2, 0.25) is 0 Å². The second-order valence-corrected chi connectivity index (χ2v) is 6.76. The van der Waals surface area contributed by atoms with Crippen LogP contribution in [0.4, 0.5) is 5.82 Å². The largest absolute Gasteiger partial charge is 0.463 e. The predicted molar refractivity (Wildman–Crippen MR) is 93.2 cm³/mol. The molecule has 0 saturated carbocycles. The molecule has 1 aromatic carbocycles. The Morgan fingerprint density at radius 2 is 2.12 bits per heavy atom. The van der Waals surface area contributed by atoms with Crippen molar-refractivity contribution in [1.82, 2.24) is 9.78 Å². The summed E-state index contributed by atoms with van der Waals surface area (Å²) in [6, 6.07) is 11.7. The molecule has 0 aliphatic heterocycles. The average molecular weight is 344 g/mol. The SMILES string of the molecule is CC(C)[C@H](Sc1ccccc1)C(=O)OCCn1ncc(C#N)c1N. The molecule has 126 valence electrons. The summed E-state index contributed by atoms with van der Waals surface area (Å²) in [5.41, 5.74) is 6.09. The van der Waals surface area contributed by atoms with E-state index in [1.807, 2.05) is 50.2 Å². The van der Waals surface area contributed by atoms with Gasteiger partial charge in [0.15, 0.2) is 0 Å². The van der Waals surface area contributed by atoms with Gasteiger partial charge in [-0.1, -0.05) is 32.0 Å². The molecule has 0 fully saturated rings. The molecule has 0 unspecified atom stereocenters. The van der Waals surface area contributed by atoms with Gasteiger partial charge in [-0.25, -0.2) is 4.68 Å². The topological polar surface area (TPSA) is 93.9 Å². The minimum absolute atomic E-state index is 0.141. The zero-order chi connectivity index (χ0) is 17.5. The van der Waals surface area contributed by atoms with Crippen LogP contribution in [0.25, 0.3) is 0 Å². The van der Waals surface area contributed by atoms with Gasteiger partial charge in [0.2, 0.25) is 0 Å². The first kappa shape index (κ1) is 17.9. The molecule has 7 heteroatoms. The van der Waals surface area contributed by atoms with Crippen molar-refractivity contribution in [2.24, 2.45) is 5.92 Å². The second kappa shape index (κ2) is 8.41. The van der Waals surface area contributed by atoms with Crippen LogP contribution in [-0.4, -0.2) is 27.6 Å². The summed E-state index contributed by atoms with van der Waals surface area (Å²) in [5.74, 6) is 0.167. The Hall–Kier alpha value is -2.46. The van der Waals surface area contributed by atoms with Gasteiger partial charge in [0.05, 0.1) is 12.7 Å². The van der Waals surface area contributed by atoms with Crippen molar-refractivity contribution in [3.8, 4) is 6.07 Å². The molecule has 1 aromatic heterocycles. The third-order valence-corrected chi connectivity index (χ3v) is 4.93. The fourth-order valence-corrected chi connectivity index (χ4v) is 3.12. The minimum atomic E-state index is -0.281. The number of aromatic nitrogens is 2. The summed E-state index contributed by atoms with van der Waals surface area (Å²) in [6.45, 7) is 4.47. The van der Waals surface area contributed by atoms with Crippen LogP contribution >= 0.6 is 11.8 Å². The monoisotopic (exact) mass is 344 g/mol. The number of nitrogens with two attached hydrogens (primary N) is 1. The van der Waals surface area contributed by atoms with Crippen molar-refractivity contribution in [3.05, 3.63) is 42.1 Å². The maximum Gasteiger partial charge on any atom is 0.319 e. The van der Waals surface area contributed by atoms with Gasteiger partial charge in [-0.3, -0.25) is 4.79 Å². The number of benzene rings is 1. The Morgan fingerprint density at radius 1 is 1.42 bits per heavy atom. The normalized spacial score (nSPS) is 11.9. The van der Waals surface area contributed by atoms with E-state index in [1.165, 1.54) is 22.6 Å². The Bertz CT molecular complexity index is 722. The van der Waals surface area contributed by atoms with E-state index in [-0.39, 0.29) is 29.6 Å². The Kier molecular flexibility index (Phi) is 6.27. The zero-order valence-corrected chi connectivity index (χ0v) is 14.5. The Morgan fingerprint density at radius 3 is 2.71 bits per heavy atom. The third-order valence-electron chi connectivity index (χ3n) is 3.39. The van der Waals surface area contributed by atoms with Gasteiger partial charge in [0, 0.05) is 4.90 Å². The van der Waals surface area contributed by atoms with E-state index in [1.54, 1.807) is 0 Å². The molecule has 1 heterocycles. The number of hydrogen-bond acceptors (Lipinski definition) is 6. The van der Waals surface area contributed by atoms with Gasteiger partial charge in [0.1, 0.15) is 29.3 Å². The summed E-state index contributed by atoms with van der Waals surface area (Å²) in [6.07, 6.45) is 1.40. The van der Waals surface area contributed by atoms with Crippen LogP contribution in [0.5, 0.6) is 0 Å². The summed E-state index contributed by atoms with van der Waals surface area (Å²) in [4.78, 5) is 13.4. The number of carbonyl (C=O) groups excluding carboxylic acids is 1. The first-order chi connectivity index (χ1) is 11.5. The van der Waals surface area contributed by atoms with E-state index in [9.17, 15) is 4.79 Å². The highest BCUT2D eigenvalue weighted by molar-refractivity contribution is 8.00. The van der Waals surface area contributed by atoms with Crippen LogP contribution in [-0.2, 0) is 16.1 Å². The summed E-state index contributed by atoms with van der Waals surface area (Å²) < 4.78 is 6.84. The van der Waals surface area contributed by atoms with Crippen LogP contribution in [0.15, 0.2) is 41.4 Å². The van der Waals surface area contributed by atoms with E-state index in [4.69, 9.17) is 15.7 Å². The van der Waals surface area contributed by atoms with Crippen LogP contribution < -0.4 is 5.73 Å². The lowest BCUT2D eigenvalue weighted by Crippen LogP contribution is -2.27. The Labute approximate surface area is 145 Å². The molecule has 2 N–H and O–H groups in total. The summed E-state index contributed by atoms with van der Waals surface area (Å²) in [5, 5.41) is 12.6. The first-order valence-corrected chi connectivity index (χ1v) is 8.50. The van der Waals surface area contributed by atoms with E-state index in [0.717, 1.165) is 4.90 Å². The van der Waals surface area contributed by atoms with Gasteiger partial charge >= 0.3 is 5.97 Å². The van der Waals surface area contributed by atoms with Crippen molar-refractivity contribution in [1.29, 1.82) is 5.26 Å². The standard InChI is InChI=1S/C17H20N4O2S/c1-12(2)15(24-14-6-4-3-5-7-14)17(22)23-9-8-21-16(19)13(10-18)11-20-21/h3-7,11-12,15H,8-9,19H2,1-2H3/t15-/m0/s1. The summed E-state index contributed by atoms with van der Waals surface area (Å²) >= 11 is 1.50. The average Bonchev–Trinajstić information content (AvgIpc) is 2.93. The van der Waals surface area contributed by atoms with Crippen molar-refractivity contribution in [3.63, 3.8) is 0 Å². The van der Waals surface area contributed by atoms with Crippen LogP contribution in [0, 0.1) is 17.2 Å². The van der Waals surface area contributed by atoms with Gasteiger partial charge in [-0.05, 0) is 18.1 Å². The molecular weight excluding hydrogens is 324 g/mol. The molecule has 6 nitrogen and oxygen atoms in total. The highest BCUT2D eigenvalue weighted by Crippen LogP contribution is 2.28. The molecule has 0 amide bonds. The number of nitrogens with zero attached hydrogens (tertiary/aromatic N) is 3. The van der Waals surface area contributed by atoms with E-state index in [0.29, 0.717) is 12.1 Å². The van der Waals surface area contributed by atoms with Crippen LogP contribution in [0.3, 0.4) is 0 Å². The Balaban J connectivity index is 1.91. The van der Waals surface area contributed by atoms with Crippen LogP contribution in [0.1, 0.15) is 19.4 Å². The maximum atomic E-state index is 12.4. The molecule has 0 aliphatic carbocycles. The van der Waals surface area contributed by atoms with Gasteiger partial charge in [0.25, 0.3) is 0 Å². The zero-order valence-electron chi connectivity index (χ0n) is 13.7. The highest BCUT2D eigenvalue weighted by atomic mass is 32.2. The molecule has 0 aliphatic rings. The lowest BCUT2D eigenvalue weighted by atomic mass is 10.1. The number of nitriles is 1. The smallest absolute Gasteiger partial charge is 0.319 e. The molecule has 1 atom stereocenters. The lowest BCUT2D eigenvalue weighted by Gasteiger charge is -2.19. The van der Waals surface area contributed by atoms with Gasteiger partial charge < -0.3 is 10.5 Å². The summed E-state index contributed by atoms with van der Waals surface area (Å²) in [7, 11) is 0. The number of esters is 1. The maximum absolute atomic E-state index is 12.4. The number of nitrogen functional groups attached to an aromatic ring is 1. The lowest BCUT2D eigenvalue weighted by molar-refractivity contribution is -0.144. The van der Waals surface area contributed by atoms with E-state index < -0.39 is 0 Å². The molecular formula is C17H20N4O2S. The number of anilines is 1.